The zero-order chi connectivity index (χ0) is 13.1. The topological polar surface area (TPSA) is 15.3 Å². The molecule has 1 aliphatic heterocycles. The molecule has 1 N–H and O–H groups in total. The summed E-state index contributed by atoms with van der Waals surface area (Å²) in [6, 6.07) is 7.31. The molecule has 0 spiro atoms. The van der Waals surface area contributed by atoms with Crippen molar-refractivity contribution in [1.82, 2.24) is 5.32 Å². The van der Waals surface area contributed by atoms with Gasteiger partial charge in [-0.05, 0) is 47.0 Å². The Morgan fingerprint density at radius 2 is 2.22 bits per heavy atom. The van der Waals surface area contributed by atoms with Gasteiger partial charge in [-0.25, -0.2) is 0 Å². The average Bonchev–Trinajstić information content (AvgIpc) is 2.32. The van der Waals surface area contributed by atoms with E-state index < -0.39 is 0 Å². The molecular weight excluding hydrogens is 312 g/mol. The van der Waals surface area contributed by atoms with Gasteiger partial charge in [-0.15, -0.1) is 0 Å². The summed E-state index contributed by atoms with van der Waals surface area (Å²) in [5.74, 6) is 0. The van der Waals surface area contributed by atoms with Crippen LogP contribution in [0.5, 0.6) is 0 Å². The third-order valence-corrected chi connectivity index (χ3v) is 4.47. The molecule has 18 heavy (non-hydrogen) atoms. The van der Waals surface area contributed by atoms with Crippen LogP contribution in [0, 0.1) is 0 Å². The molecule has 2 nitrogen and oxygen atoms in total. The van der Waals surface area contributed by atoms with Gasteiger partial charge in [0.05, 0.1) is 5.02 Å². The van der Waals surface area contributed by atoms with Crippen molar-refractivity contribution in [2.75, 3.05) is 18.0 Å². The molecule has 2 rings (SSSR count). The molecule has 1 atom stereocenters. The molecule has 1 aliphatic rings. The molecular formula is C14H20BrClN2. The van der Waals surface area contributed by atoms with Crippen LogP contribution in [-0.2, 0) is 0 Å². The van der Waals surface area contributed by atoms with E-state index in [9.17, 15) is 0 Å². The molecule has 1 fully saturated rings. The van der Waals surface area contributed by atoms with Crippen LogP contribution in [0.2, 0.25) is 5.02 Å². The van der Waals surface area contributed by atoms with E-state index in [1.165, 1.54) is 18.5 Å². The Labute approximate surface area is 123 Å². The second-order valence-corrected chi connectivity index (χ2v) is 6.47. The molecule has 1 aromatic rings. The van der Waals surface area contributed by atoms with E-state index in [4.69, 9.17) is 11.6 Å². The lowest BCUT2D eigenvalue weighted by Gasteiger charge is -2.36. The number of hydrogen-bond donors (Lipinski definition) is 1. The first-order valence-corrected chi connectivity index (χ1v) is 7.69. The van der Waals surface area contributed by atoms with E-state index >= 15 is 0 Å². The normalized spacial score (nSPS) is 20.5. The Hall–Kier alpha value is -0.250. The quantitative estimate of drug-likeness (QED) is 0.898. The van der Waals surface area contributed by atoms with Crippen molar-refractivity contribution in [3.8, 4) is 0 Å². The second-order valence-electron chi connectivity index (χ2n) is 5.20. The Kier molecular flexibility index (Phi) is 4.93. The highest BCUT2D eigenvalue weighted by Crippen LogP contribution is 2.29. The highest BCUT2D eigenvalue weighted by Gasteiger charge is 2.20. The second kappa shape index (κ2) is 6.27. The van der Waals surface area contributed by atoms with Crippen LogP contribution in [0.3, 0.4) is 0 Å². The van der Waals surface area contributed by atoms with Gasteiger partial charge in [0.15, 0.2) is 0 Å². The van der Waals surface area contributed by atoms with Crippen molar-refractivity contribution in [1.29, 1.82) is 0 Å². The minimum Gasteiger partial charge on any atom is -0.370 e. The molecule has 1 saturated heterocycles. The lowest BCUT2D eigenvalue weighted by Crippen LogP contribution is -2.47. The average molecular weight is 332 g/mol. The van der Waals surface area contributed by atoms with Gasteiger partial charge in [-0.3, -0.25) is 0 Å². The maximum atomic E-state index is 6.04. The summed E-state index contributed by atoms with van der Waals surface area (Å²) >= 11 is 9.53. The minimum atomic E-state index is 0.548. The lowest BCUT2D eigenvalue weighted by molar-refractivity contribution is 0.395. The number of benzene rings is 1. The summed E-state index contributed by atoms with van der Waals surface area (Å²) in [4.78, 5) is 2.44. The Morgan fingerprint density at radius 3 is 2.89 bits per heavy atom. The molecule has 4 heteroatoms. The van der Waals surface area contributed by atoms with E-state index in [0.717, 1.165) is 22.6 Å². The van der Waals surface area contributed by atoms with Crippen LogP contribution in [0.4, 0.5) is 5.69 Å². The van der Waals surface area contributed by atoms with Gasteiger partial charge in [0.2, 0.25) is 0 Å². The molecule has 100 valence electrons. The van der Waals surface area contributed by atoms with Gasteiger partial charge in [0.1, 0.15) is 0 Å². The largest absolute Gasteiger partial charge is 0.370 e. The van der Waals surface area contributed by atoms with Crippen LogP contribution >= 0.6 is 27.5 Å². The van der Waals surface area contributed by atoms with Crippen molar-refractivity contribution in [3.63, 3.8) is 0 Å². The Bertz CT molecular complexity index is 409. The SMILES string of the molecule is CC(C)NC1CCCN(c2ccc(Cl)c(Br)c2)C1. The highest BCUT2D eigenvalue weighted by molar-refractivity contribution is 9.10. The Morgan fingerprint density at radius 1 is 1.44 bits per heavy atom. The number of halogens is 2. The fraction of sp³-hybridized carbons (Fsp3) is 0.571. The summed E-state index contributed by atoms with van der Waals surface area (Å²) in [6.07, 6.45) is 2.51. The third kappa shape index (κ3) is 3.62. The molecule has 0 saturated carbocycles. The monoisotopic (exact) mass is 330 g/mol. The number of piperidine rings is 1. The molecule has 0 amide bonds. The maximum absolute atomic E-state index is 6.04. The van der Waals surface area contributed by atoms with Crippen molar-refractivity contribution in [2.24, 2.45) is 0 Å². The fourth-order valence-electron chi connectivity index (χ4n) is 2.50. The molecule has 0 bridgehead atoms. The van der Waals surface area contributed by atoms with Crippen molar-refractivity contribution < 1.29 is 0 Å². The highest BCUT2D eigenvalue weighted by atomic mass is 79.9. The Balaban J connectivity index is 2.05. The number of rotatable bonds is 3. The third-order valence-electron chi connectivity index (χ3n) is 3.26. The van der Waals surface area contributed by atoms with Gasteiger partial charge in [0.25, 0.3) is 0 Å². The van der Waals surface area contributed by atoms with Crippen LogP contribution in [0.1, 0.15) is 26.7 Å². The van der Waals surface area contributed by atoms with Crippen molar-refractivity contribution in [2.45, 2.75) is 38.8 Å². The summed E-state index contributed by atoms with van der Waals surface area (Å²) in [6.45, 7) is 6.62. The van der Waals surface area contributed by atoms with Crippen LogP contribution < -0.4 is 10.2 Å². The first-order chi connectivity index (χ1) is 8.56. The molecule has 1 unspecified atom stereocenters. The molecule has 1 aromatic carbocycles. The van der Waals surface area contributed by atoms with E-state index in [1.807, 2.05) is 6.07 Å². The molecule has 0 radical (unpaired) electrons. The zero-order valence-electron chi connectivity index (χ0n) is 10.9. The van der Waals surface area contributed by atoms with Gasteiger partial charge >= 0.3 is 0 Å². The number of nitrogens with one attached hydrogen (secondary N) is 1. The van der Waals surface area contributed by atoms with Crippen LogP contribution in [-0.4, -0.2) is 25.2 Å². The standard InChI is InChI=1S/C14H20BrClN2/c1-10(2)17-11-4-3-7-18(9-11)12-5-6-14(16)13(15)8-12/h5-6,8,10-11,17H,3-4,7,9H2,1-2H3. The number of hydrogen-bond acceptors (Lipinski definition) is 2. The van der Waals surface area contributed by atoms with E-state index in [2.05, 4.69) is 52.1 Å². The van der Waals surface area contributed by atoms with Crippen molar-refractivity contribution in [3.05, 3.63) is 27.7 Å². The van der Waals surface area contributed by atoms with Crippen LogP contribution in [0.25, 0.3) is 0 Å². The molecule has 1 heterocycles. The first-order valence-electron chi connectivity index (χ1n) is 6.52. The van der Waals surface area contributed by atoms with Crippen molar-refractivity contribution >= 4 is 33.2 Å². The van der Waals surface area contributed by atoms with Crippen LogP contribution in [0.15, 0.2) is 22.7 Å². The van der Waals surface area contributed by atoms with E-state index in [0.29, 0.717) is 12.1 Å². The smallest absolute Gasteiger partial charge is 0.0549 e. The predicted molar refractivity (Wildman–Crippen MR) is 82.7 cm³/mol. The fourth-order valence-corrected chi connectivity index (χ4v) is 2.99. The first kappa shape index (κ1) is 14.2. The summed E-state index contributed by atoms with van der Waals surface area (Å²) in [5, 5.41) is 4.40. The summed E-state index contributed by atoms with van der Waals surface area (Å²) < 4.78 is 0.973. The number of anilines is 1. The zero-order valence-corrected chi connectivity index (χ0v) is 13.3. The summed E-state index contributed by atoms with van der Waals surface area (Å²) in [5.41, 5.74) is 1.25. The maximum Gasteiger partial charge on any atom is 0.0549 e. The van der Waals surface area contributed by atoms with E-state index in [1.54, 1.807) is 0 Å². The van der Waals surface area contributed by atoms with E-state index in [-0.39, 0.29) is 0 Å². The predicted octanol–water partition coefficient (Wildman–Crippen LogP) is 4.07. The van der Waals surface area contributed by atoms with Gasteiger partial charge in [-0.1, -0.05) is 25.4 Å². The van der Waals surface area contributed by atoms with Gasteiger partial charge in [-0.2, -0.15) is 0 Å². The number of nitrogens with zero attached hydrogens (tertiary/aromatic N) is 1. The lowest BCUT2D eigenvalue weighted by atomic mass is 10.0. The minimum absolute atomic E-state index is 0.548. The molecule has 0 aromatic heterocycles. The van der Waals surface area contributed by atoms with Gasteiger partial charge < -0.3 is 10.2 Å². The van der Waals surface area contributed by atoms with Gasteiger partial charge in [0, 0.05) is 35.3 Å². The molecule has 0 aliphatic carbocycles. The summed E-state index contributed by atoms with van der Waals surface area (Å²) in [7, 11) is 0.